The van der Waals surface area contributed by atoms with E-state index < -0.39 is 6.04 Å². The second-order valence-electron chi connectivity index (χ2n) is 9.46. The maximum Gasteiger partial charge on any atom is 0.290 e. The van der Waals surface area contributed by atoms with E-state index in [9.17, 15) is 9.59 Å². The zero-order valence-corrected chi connectivity index (χ0v) is 21.8. The number of fused-ring (bicyclic) bond motifs is 2. The quantitative estimate of drug-likeness (QED) is 0.321. The van der Waals surface area contributed by atoms with Crippen LogP contribution in [0, 0.1) is 6.92 Å². The molecule has 2 heterocycles. The van der Waals surface area contributed by atoms with E-state index in [1.807, 2.05) is 51.1 Å². The third-order valence-corrected chi connectivity index (χ3v) is 6.37. The molecule has 192 valence electrons. The molecular formula is C29H35NO6. The number of ether oxygens (including phenoxy) is 3. The van der Waals surface area contributed by atoms with E-state index >= 15 is 0 Å². The summed E-state index contributed by atoms with van der Waals surface area (Å²) in [7, 11) is 1.59. The van der Waals surface area contributed by atoms with Crippen LogP contribution in [0.4, 0.5) is 0 Å². The molecule has 0 N–H and O–H groups in total. The Morgan fingerprint density at radius 3 is 2.56 bits per heavy atom. The van der Waals surface area contributed by atoms with Gasteiger partial charge in [0.25, 0.3) is 5.91 Å². The van der Waals surface area contributed by atoms with Crippen LogP contribution in [0.25, 0.3) is 11.0 Å². The van der Waals surface area contributed by atoms with Gasteiger partial charge < -0.3 is 23.5 Å². The lowest BCUT2D eigenvalue weighted by Gasteiger charge is -2.26. The van der Waals surface area contributed by atoms with Crippen LogP contribution in [0.15, 0.2) is 45.6 Å². The molecule has 2 aromatic carbocycles. The molecule has 1 aliphatic rings. The number of hydrogen-bond donors (Lipinski definition) is 0. The molecule has 3 aromatic rings. The van der Waals surface area contributed by atoms with Crippen LogP contribution in [0.5, 0.6) is 11.5 Å². The summed E-state index contributed by atoms with van der Waals surface area (Å²) in [6.45, 7) is 9.52. The fourth-order valence-corrected chi connectivity index (χ4v) is 4.57. The lowest BCUT2D eigenvalue weighted by atomic mass is 9.97. The van der Waals surface area contributed by atoms with Crippen LogP contribution in [-0.2, 0) is 4.74 Å². The van der Waals surface area contributed by atoms with Crippen molar-refractivity contribution in [3.05, 3.63) is 69.1 Å². The Morgan fingerprint density at radius 1 is 1.03 bits per heavy atom. The Hall–Kier alpha value is -3.32. The maximum atomic E-state index is 13.7. The normalized spacial score (nSPS) is 15.1. The van der Waals surface area contributed by atoms with E-state index in [0.717, 1.165) is 24.0 Å². The summed E-state index contributed by atoms with van der Waals surface area (Å²) in [5, 5.41) is 0.475. The minimum absolute atomic E-state index is 0.105. The second-order valence-corrected chi connectivity index (χ2v) is 9.46. The average Bonchev–Trinajstić information content (AvgIpc) is 3.14. The van der Waals surface area contributed by atoms with Gasteiger partial charge in [0.1, 0.15) is 5.58 Å². The van der Waals surface area contributed by atoms with Crippen molar-refractivity contribution in [3.8, 4) is 11.5 Å². The first kappa shape index (κ1) is 25.8. The van der Waals surface area contributed by atoms with Gasteiger partial charge in [0.2, 0.25) is 5.76 Å². The number of benzene rings is 2. The van der Waals surface area contributed by atoms with Gasteiger partial charge in [-0.1, -0.05) is 31.0 Å². The van der Waals surface area contributed by atoms with Crippen LogP contribution in [-0.4, -0.2) is 43.8 Å². The van der Waals surface area contributed by atoms with Crippen LogP contribution >= 0.6 is 0 Å². The highest BCUT2D eigenvalue weighted by Crippen LogP contribution is 2.41. The smallest absolute Gasteiger partial charge is 0.290 e. The molecule has 0 saturated carbocycles. The van der Waals surface area contributed by atoms with Gasteiger partial charge in [-0.25, -0.2) is 0 Å². The van der Waals surface area contributed by atoms with Crippen molar-refractivity contribution in [1.29, 1.82) is 0 Å². The molecule has 7 heteroatoms. The molecule has 1 aliphatic heterocycles. The summed E-state index contributed by atoms with van der Waals surface area (Å²) in [6, 6.07) is 10.4. The van der Waals surface area contributed by atoms with E-state index in [1.165, 1.54) is 0 Å². The summed E-state index contributed by atoms with van der Waals surface area (Å²) in [6.07, 6.45) is 2.71. The summed E-state index contributed by atoms with van der Waals surface area (Å²) in [5.74, 6) is 1.01. The number of amides is 1. The van der Waals surface area contributed by atoms with E-state index in [4.69, 9.17) is 18.6 Å². The minimum atomic E-state index is -0.591. The van der Waals surface area contributed by atoms with Crippen LogP contribution < -0.4 is 14.9 Å². The Labute approximate surface area is 212 Å². The SMILES string of the molecule is CCCCOc1ccc(C2c3c(oc4ccc(C)cc4c3=O)C(=O)N2CCCOC(C)C)cc1OC. The van der Waals surface area contributed by atoms with Crippen molar-refractivity contribution in [2.45, 2.75) is 59.1 Å². The first-order chi connectivity index (χ1) is 17.3. The largest absolute Gasteiger partial charge is 0.493 e. The topological polar surface area (TPSA) is 78.2 Å². The third-order valence-electron chi connectivity index (χ3n) is 6.37. The lowest BCUT2D eigenvalue weighted by Crippen LogP contribution is -2.31. The molecule has 0 saturated heterocycles. The summed E-state index contributed by atoms with van der Waals surface area (Å²) in [4.78, 5) is 29.0. The zero-order valence-electron chi connectivity index (χ0n) is 21.8. The average molecular weight is 494 g/mol. The predicted octanol–water partition coefficient (Wildman–Crippen LogP) is 5.65. The van der Waals surface area contributed by atoms with Crippen molar-refractivity contribution in [2.24, 2.45) is 0 Å². The van der Waals surface area contributed by atoms with Crippen molar-refractivity contribution in [1.82, 2.24) is 4.90 Å². The van der Waals surface area contributed by atoms with Crippen molar-refractivity contribution >= 4 is 16.9 Å². The van der Waals surface area contributed by atoms with Crippen molar-refractivity contribution in [3.63, 3.8) is 0 Å². The van der Waals surface area contributed by atoms with E-state index in [2.05, 4.69) is 6.92 Å². The first-order valence-corrected chi connectivity index (χ1v) is 12.7. The van der Waals surface area contributed by atoms with Crippen LogP contribution in [0.2, 0.25) is 0 Å². The van der Waals surface area contributed by atoms with Crippen molar-refractivity contribution < 1.29 is 23.4 Å². The fraction of sp³-hybridized carbons (Fsp3) is 0.448. The molecule has 0 bridgehead atoms. The highest BCUT2D eigenvalue weighted by Gasteiger charge is 2.42. The maximum absolute atomic E-state index is 13.7. The van der Waals surface area contributed by atoms with Gasteiger partial charge in [0.05, 0.1) is 36.8 Å². The molecule has 1 atom stereocenters. The Balaban J connectivity index is 1.79. The fourth-order valence-electron chi connectivity index (χ4n) is 4.57. The standard InChI is InChI=1S/C29H35NO6/c1-6-7-14-35-23-12-10-20(17-24(23)33-5)26-25-27(31)21-16-19(4)9-11-22(21)36-28(25)29(32)30(26)13-8-15-34-18(2)3/h9-12,16-18,26H,6-8,13-15H2,1-5H3. The molecule has 1 aromatic heterocycles. The summed E-state index contributed by atoms with van der Waals surface area (Å²) in [5.41, 5.74) is 2.32. The van der Waals surface area contributed by atoms with Gasteiger partial charge in [-0.15, -0.1) is 0 Å². The molecule has 1 unspecified atom stereocenters. The van der Waals surface area contributed by atoms with Crippen LogP contribution in [0.1, 0.15) is 73.3 Å². The molecule has 7 nitrogen and oxygen atoms in total. The number of aryl methyl sites for hydroxylation is 1. The Bertz CT molecular complexity index is 1290. The lowest BCUT2D eigenvalue weighted by molar-refractivity contribution is 0.0593. The molecule has 36 heavy (non-hydrogen) atoms. The number of unbranched alkanes of at least 4 members (excludes halogenated alkanes) is 1. The summed E-state index contributed by atoms with van der Waals surface area (Å²) < 4.78 is 23.3. The van der Waals surface area contributed by atoms with Gasteiger partial charge in [0.15, 0.2) is 16.9 Å². The molecule has 0 radical (unpaired) electrons. The molecule has 0 aliphatic carbocycles. The predicted molar refractivity (Wildman–Crippen MR) is 139 cm³/mol. The van der Waals surface area contributed by atoms with Gasteiger partial charge in [-0.2, -0.15) is 0 Å². The number of carbonyl (C=O) groups is 1. The number of nitrogens with zero attached hydrogens (tertiary/aromatic N) is 1. The van der Waals surface area contributed by atoms with Gasteiger partial charge in [-0.05, 0) is 63.4 Å². The van der Waals surface area contributed by atoms with Crippen molar-refractivity contribution in [2.75, 3.05) is 26.9 Å². The molecule has 0 spiro atoms. The Morgan fingerprint density at radius 2 is 1.83 bits per heavy atom. The van der Waals surface area contributed by atoms with E-state index in [-0.39, 0.29) is 23.2 Å². The number of methoxy groups -OCH3 is 1. The van der Waals surface area contributed by atoms with E-state index in [1.54, 1.807) is 18.1 Å². The number of carbonyl (C=O) groups excluding carboxylic acids is 1. The van der Waals surface area contributed by atoms with Crippen LogP contribution in [0.3, 0.4) is 0 Å². The van der Waals surface area contributed by atoms with Gasteiger partial charge >= 0.3 is 0 Å². The monoisotopic (exact) mass is 493 g/mol. The molecular weight excluding hydrogens is 458 g/mol. The first-order valence-electron chi connectivity index (χ1n) is 12.7. The van der Waals surface area contributed by atoms with Gasteiger partial charge in [-0.3, -0.25) is 9.59 Å². The Kier molecular flexibility index (Phi) is 7.99. The number of rotatable bonds is 11. The minimum Gasteiger partial charge on any atom is -0.493 e. The highest BCUT2D eigenvalue weighted by atomic mass is 16.5. The zero-order chi connectivity index (χ0) is 25.8. The molecule has 4 rings (SSSR count). The van der Waals surface area contributed by atoms with Gasteiger partial charge in [0, 0.05) is 13.2 Å². The highest BCUT2D eigenvalue weighted by molar-refractivity contribution is 5.99. The molecule has 1 amide bonds. The summed E-state index contributed by atoms with van der Waals surface area (Å²) >= 11 is 0. The van der Waals surface area contributed by atoms with E-state index in [0.29, 0.717) is 54.2 Å². The number of hydrogen-bond acceptors (Lipinski definition) is 6. The third kappa shape index (κ3) is 5.12. The second kappa shape index (κ2) is 11.2. The molecule has 0 fully saturated rings.